The second-order valence-corrected chi connectivity index (χ2v) is 9.05. The number of aromatic nitrogens is 3. The van der Waals surface area contributed by atoms with Crippen LogP contribution in [0.15, 0.2) is 36.7 Å². The third-order valence-corrected chi connectivity index (χ3v) is 5.39. The van der Waals surface area contributed by atoms with Crippen molar-refractivity contribution in [2.75, 3.05) is 12.3 Å². The molecule has 2 aromatic heterocycles. The summed E-state index contributed by atoms with van der Waals surface area (Å²) in [5.74, 6) is 0.636. The fraction of sp³-hybridized carbons (Fsp3) is 0.500. The van der Waals surface area contributed by atoms with Crippen molar-refractivity contribution in [3.63, 3.8) is 0 Å². The summed E-state index contributed by atoms with van der Waals surface area (Å²) in [6.07, 6.45) is 3.25. The molecule has 0 saturated carbocycles. The number of nitrogen functional groups attached to an aromatic ring is 1. The van der Waals surface area contributed by atoms with Crippen LogP contribution >= 0.6 is 0 Å². The molecule has 2 heterocycles. The van der Waals surface area contributed by atoms with E-state index in [1.54, 1.807) is 0 Å². The van der Waals surface area contributed by atoms with Crippen LogP contribution < -0.4 is 11.1 Å². The lowest BCUT2D eigenvalue weighted by molar-refractivity contribution is -0.181. The van der Waals surface area contributed by atoms with Gasteiger partial charge < -0.3 is 20.7 Å². The molecule has 174 valence electrons. The Balaban J connectivity index is 1.90. The molecule has 0 radical (unpaired) electrons. The van der Waals surface area contributed by atoms with Gasteiger partial charge in [0.05, 0.1) is 12.2 Å². The van der Waals surface area contributed by atoms with Crippen LogP contribution in [-0.2, 0) is 11.3 Å². The minimum Gasteiger partial charge on any atom is -0.392 e. The average Bonchev–Trinajstić information content (AvgIpc) is 3.13. The van der Waals surface area contributed by atoms with Crippen molar-refractivity contribution >= 4 is 11.3 Å². The zero-order chi connectivity index (χ0) is 23.3. The van der Waals surface area contributed by atoms with E-state index in [1.165, 1.54) is 6.33 Å². The minimum atomic E-state index is -1.01. The number of aliphatic hydroxyl groups is 2. The molecular weight excluding hydrogens is 406 g/mol. The van der Waals surface area contributed by atoms with Gasteiger partial charge in [0.15, 0.2) is 5.82 Å². The predicted molar refractivity (Wildman–Crippen MR) is 126 cm³/mol. The molecule has 32 heavy (non-hydrogen) atoms. The number of hydrogen-bond donors (Lipinski definition) is 4. The van der Waals surface area contributed by atoms with Gasteiger partial charge in [-0.3, -0.25) is 5.32 Å². The van der Waals surface area contributed by atoms with Gasteiger partial charge in [0.1, 0.15) is 11.8 Å². The number of aliphatic hydroxyl groups excluding tert-OH is 2. The molecule has 2 atom stereocenters. The number of nitrogens with one attached hydrogen (secondary N) is 1. The maximum atomic E-state index is 10.1. The number of nitrogens with two attached hydrogens (primary N) is 1. The van der Waals surface area contributed by atoms with Gasteiger partial charge in [-0.2, -0.15) is 5.10 Å². The van der Waals surface area contributed by atoms with E-state index >= 15 is 0 Å². The van der Waals surface area contributed by atoms with E-state index < -0.39 is 12.0 Å². The topological polar surface area (TPSA) is 118 Å². The molecule has 8 heteroatoms. The molecule has 0 aliphatic carbocycles. The van der Waals surface area contributed by atoms with Crippen LogP contribution in [0.4, 0.5) is 5.82 Å². The summed E-state index contributed by atoms with van der Waals surface area (Å²) in [6.45, 7) is 8.47. The van der Waals surface area contributed by atoms with Gasteiger partial charge in [0.2, 0.25) is 6.41 Å². The van der Waals surface area contributed by atoms with E-state index in [1.807, 2.05) is 49.6 Å². The van der Waals surface area contributed by atoms with Gasteiger partial charge in [0, 0.05) is 23.7 Å². The Kier molecular flexibility index (Phi) is 7.84. The lowest BCUT2D eigenvalue weighted by atomic mass is 9.95. The number of ether oxygens (including phenoxy) is 1. The average molecular weight is 442 g/mol. The van der Waals surface area contributed by atoms with Gasteiger partial charge in [-0.1, -0.05) is 37.6 Å². The van der Waals surface area contributed by atoms with E-state index in [-0.39, 0.29) is 12.5 Å². The Hall–Kier alpha value is -2.52. The summed E-state index contributed by atoms with van der Waals surface area (Å²) in [5, 5.41) is 27.0. The van der Waals surface area contributed by atoms with Crippen molar-refractivity contribution in [3.8, 4) is 11.1 Å². The van der Waals surface area contributed by atoms with Crippen molar-refractivity contribution in [3.05, 3.63) is 47.9 Å². The van der Waals surface area contributed by atoms with E-state index in [0.717, 1.165) is 47.2 Å². The Labute approximate surface area is 189 Å². The van der Waals surface area contributed by atoms with Gasteiger partial charge in [-0.15, -0.1) is 0 Å². The Morgan fingerprint density at radius 2 is 1.91 bits per heavy atom. The fourth-order valence-corrected chi connectivity index (χ4v) is 3.94. The normalized spacial score (nSPS) is 14.1. The standard InChI is InChI=1S/C24H35N5O3/c1-5-6-18(11-12-26-23(31)32-24(2,3)4)20-13-19(17-9-7-16(14-30)8-10-17)21-22(25)27-15-28-29(20)21/h7-10,13,15,18,23,26,30-31H,5-6,11-12,14H2,1-4H3,(H2,25,27,28). The monoisotopic (exact) mass is 441 g/mol. The van der Waals surface area contributed by atoms with Crippen LogP contribution in [0, 0.1) is 0 Å². The summed E-state index contributed by atoms with van der Waals surface area (Å²) in [7, 11) is 0. The van der Waals surface area contributed by atoms with E-state index in [0.29, 0.717) is 12.4 Å². The van der Waals surface area contributed by atoms with Crippen molar-refractivity contribution in [1.29, 1.82) is 0 Å². The Morgan fingerprint density at radius 3 is 2.53 bits per heavy atom. The van der Waals surface area contributed by atoms with Crippen molar-refractivity contribution < 1.29 is 14.9 Å². The maximum Gasteiger partial charge on any atom is 0.214 e. The SMILES string of the molecule is CCCC(CCNC(O)OC(C)(C)C)c1cc(-c2ccc(CO)cc2)c2c(N)ncnn12. The van der Waals surface area contributed by atoms with Crippen LogP contribution in [0.3, 0.4) is 0 Å². The van der Waals surface area contributed by atoms with Gasteiger partial charge >= 0.3 is 0 Å². The molecule has 0 spiro atoms. The van der Waals surface area contributed by atoms with Crippen LogP contribution in [0.2, 0.25) is 0 Å². The predicted octanol–water partition coefficient (Wildman–Crippen LogP) is 3.43. The number of rotatable bonds is 10. The molecule has 0 amide bonds. The first-order chi connectivity index (χ1) is 15.2. The lowest BCUT2D eigenvalue weighted by Gasteiger charge is -2.25. The molecular formula is C24H35N5O3. The Bertz CT molecular complexity index is 1010. The number of hydrogen-bond acceptors (Lipinski definition) is 7. The third kappa shape index (κ3) is 5.83. The van der Waals surface area contributed by atoms with Crippen LogP contribution in [0.5, 0.6) is 0 Å². The first-order valence-electron chi connectivity index (χ1n) is 11.1. The number of benzene rings is 1. The zero-order valence-corrected chi connectivity index (χ0v) is 19.4. The third-order valence-electron chi connectivity index (χ3n) is 5.39. The lowest BCUT2D eigenvalue weighted by Crippen LogP contribution is -2.38. The molecule has 3 rings (SSSR count). The minimum absolute atomic E-state index is 0.00361. The first kappa shape index (κ1) is 24.1. The van der Waals surface area contributed by atoms with E-state index in [2.05, 4.69) is 28.4 Å². The van der Waals surface area contributed by atoms with Crippen LogP contribution in [0.25, 0.3) is 16.6 Å². The number of nitrogens with zero attached hydrogens (tertiary/aromatic N) is 3. The summed E-state index contributed by atoms with van der Waals surface area (Å²) < 4.78 is 7.43. The zero-order valence-electron chi connectivity index (χ0n) is 19.4. The van der Waals surface area contributed by atoms with Gasteiger partial charge in [-0.25, -0.2) is 9.50 Å². The molecule has 0 aliphatic rings. The molecule has 0 saturated heterocycles. The number of anilines is 1. The van der Waals surface area contributed by atoms with Gasteiger partial charge in [0.25, 0.3) is 0 Å². The van der Waals surface area contributed by atoms with Crippen molar-refractivity contribution in [2.24, 2.45) is 0 Å². The molecule has 3 aromatic rings. The number of fused-ring (bicyclic) bond motifs is 1. The highest BCUT2D eigenvalue weighted by Crippen LogP contribution is 2.35. The summed E-state index contributed by atoms with van der Waals surface area (Å²) in [4.78, 5) is 4.21. The maximum absolute atomic E-state index is 10.1. The molecule has 1 aromatic carbocycles. The quantitative estimate of drug-likeness (QED) is 0.356. The van der Waals surface area contributed by atoms with Gasteiger partial charge in [-0.05, 0) is 50.8 Å². The van der Waals surface area contributed by atoms with E-state index in [9.17, 15) is 10.2 Å². The second-order valence-electron chi connectivity index (χ2n) is 9.05. The summed E-state index contributed by atoms with van der Waals surface area (Å²) >= 11 is 0. The Morgan fingerprint density at radius 1 is 1.19 bits per heavy atom. The molecule has 0 aliphatic heterocycles. The highest BCUT2D eigenvalue weighted by molar-refractivity contribution is 5.88. The van der Waals surface area contributed by atoms with Crippen molar-refractivity contribution in [2.45, 2.75) is 71.5 Å². The molecule has 2 unspecified atom stereocenters. The largest absolute Gasteiger partial charge is 0.392 e. The highest BCUT2D eigenvalue weighted by Gasteiger charge is 2.22. The van der Waals surface area contributed by atoms with Crippen LogP contribution in [-0.4, -0.2) is 43.4 Å². The highest BCUT2D eigenvalue weighted by atomic mass is 16.6. The molecule has 8 nitrogen and oxygen atoms in total. The van der Waals surface area contributed by atoms with E-state index in [4.69, 9.17) is 10.5 Å². The molecule has 5 N–H and O–H groups in total. The first-order valence-corrected chi connectivity index (χ1v) is 11.1. The molecule has 0 fully saturated rings. The second kappa shape index (κ2) is 10.4. The molecule has 0 bridgehead atoms. The fourth-order valence-electron chi connectivity index (χ4n) is 3.94. The van der Waals surface area contributed by atoms with Crippen molar-refractivity contribution in [1.82, 2.24) is 19.9 Å². The smallest absolute Gasteiger partial charge is 0.214 e. The summed E-state index contributed by atoms with van der Waals surface area (Å²) in [5.41, 5.74) is 10.5. The summed E-state index contributed by atoms with van der Waals surface area (Å²) in [6, 6.07) is 9.91. The van der Waals surface area contributed by atoms with Crippen LogP contribution in [0.1, 0.15) is 64.1 Å².